The molecule has 0 aliphatic heterocycles. The number of hydrogen-bond donors (Lipinski definition) is 0. The third-order valence-electron chi connectivity index (χ3n) is 3.25. The Kier molecular flexibility index (Phi) is 4.42. The van der Waals surface area contributed by atoms with Crippen LogP contribution in [0.4, 0.5) is 0 Å². The molecule has 16 heavy (non-hydrogen) atoms. The van der Waals surface area contributed by atoms with Crippen molar-refractivity contribution in [1.29, 1.82) is 0 Å². The van der Waals surface area contributed by atoms with E-state index in [1.807, 2.05) is 6.92 Å². The summed E-state index contributed by atoms with van der Waals surface area (Å²) in [6.45, 7) is 2.04. The number of aryl methyl sites for hydroxylation is 1. The second-order valence-electron chi connectivity index (χ2n) is 4.48. The topological polar surface area (TPSA) is 12.9 Å². The van der Waals surface area contributed by atoms with Gasteiger partial charge in [-0.1, -0.05) is 24.8 Å². The van der Waals surface area contributed by atoms with Gasteiger partial charge < -0.3 is 0 Å². The van der Waals surface area contributed by atoms with Crippen molar-refractivity contribution in [3.8, 4) is 0 Å². The number of nitrogens with zero attached hydrogens (tertiary/aromatic N) is 1. The number of alkyl halides is 1. The van der Waals surface area contributed by atoms with Crippen molar-refractivity contribution >= 4 is 29.0 Å². The first-order chi connectivity index (χ1) is 7.79. The van der Waals surface area contributed by atoms with Crippen LogP contribution in [-0.2, 0) is 0 Å². The summed E-state index contributed by atoms with van der Waals surface area (Å²) in [5.41, 5.74) is 2.47. The summed E-state index contributed by atoms with van der Waals surface area (Å²) in [5, 5.41) is 3.24. The van der Waals surface area contributed by atoms with Gasteiger partial charge in [-0.15, -0.1) is 22.9 Å². The zero-order valence-corrected chi connectivity index (χ0v) is 11.3. The lowest BCUT2D eigenvalue weighted by Gasteiger charge is -2.23. The summed E-state index contributed by atoms with van der Waals surface area (Å²) in [5.74, 6) is 1.36. The summed E-state index contributed by atoms with van der Waals surface area (Å²) in [6.07, 6.45) is 8.92. The molecule has 0 unspecified atom stereocenters. The smallest absolute Gasteiger partial charge is 0.0901 e. The average Bonchev–Trinajstić information content (AvgIpc) is 2.73. The van der Waals surface area contributed by atoms with E-state index in [2.05, 4.69) is 16.4 Å². The molecule has 0 aromatic carbocycles. The van der Waals surface area contributed by atoms with Crippen LogP contribution in [-0.4, -0.2) is 10.9 Å². The van der Waals surface area contributed by atoms with E-state index in [4.69, 9.17) is 11.6 Å². The summed E-state index contributed by atoms with van der Waals surface area (Å²) >= 11 is 7.77. The number of aromatic nitrogens is 1. The molecule has 1 fully saturated rings. The molecule has 1 heterocycles. The van der Waals surface area contributed by atoms with Gasteiger partial charge in [0.15, 0.2) is 0 Å². The van der Waals surface area contributed by atoms with Crippen LogP contribution < -0.4 is 0 Å². The molecule has 1 aliphatic carbocycles. The zero-order valence-electron chi connectivity index (χ0n) is 9.71. The molecule has 0 N–H and O–H groups in total. The summed E-state index contributed by atoms with van der Waals surface area (Å²) < 4.78 is 0. The van der Waals surface area contributed by atoms with E-state index in [1.54, 1.807) is 11.3 Å². The highest BCUT2D eigenvalue weighted by Crippen LogP contribution is 2.31. The van der Waals surface area contributed by atoms with Gasteiger partial charge in [-0.25, -0.2) is 4.98 Å². The molecule has 0 atom stereocenters. The maximum atomic E-state index is 6.06. The molecular weight excluding hydrogens is 238 g/mol. The predicted octanol–water partition coefficient (Wildman–Crippen LogP) is 4.65. The molecule has 1 nitrogen and oxygen atoms in total. The molecule has 2 rings (SSSR count). The van der Waals surface area contributed by atoms with Crippen LogP contribution in [0, 0.1) is 12.8 Å². The first-order valence-corrected chi connectivity index (χ1v) is 7.39. The van der Waals surface area contributed by atoms with E-state index in [-0.39, 0.29) is 0 Å². The van der Waals surface area contributed by atoms with E-state index in [9.17, 15) is 0 Å². The van der Waals surface area contributed by atoms with Crippen molar-refractivity contribution in [1.82, 2.24) is 4.98 Å². The van der Waals surface area contributed by atoms with Crippen molar-refractivity contribution in [3.63, 3.8) is 0 Å². The van der Waals surface area contributed by atoms with Crippen LogP contribution in [0.15, 0.2) is 11.0 Å². The first-order valence-electron chi connectivity index (χ1n) is 5.98. The fraction of sp³-hybridized carbons (Fsp3) is 0.615. The van der Waals surface area contributed by atoms with E-state index >= 15 is 0 Å². The number of halogens is 1. The summed E-state index contributed by atoms with van der Waals surface area (Å²) in [6, 6.07) is 0. The SMILES string of the molecule is Cc1nc(C=C(CCl)C2CCCCC2)cs1. The fourth-order valence-electron chi connectivity index (χ4n) is 2.38. The molecule has 1 aromatic heterocycles. The van der Waals surface area contributed by atoms with Crippen LogP contribution >= 0.6 is 22.9 Å². The molecule has 0 saturated heterocycles. The molecule has 0 bridgehead atoms. The van der Waals surface area contributed by atoms with Crippen molar-refractivity contribution in [2.45, 2.75) is 39.0 Å². The number of thiazole rings is 1. The van der Waals surface area contributed by atoms with Gasteiger partial charge >= 0.3 is 0 Å². The van der Waals surface area contributed by atoms with Crippen LogP contribution in [0.3, 0.4) is 0 Å². The fourth-order valence-corrected chi connectivity index (χ4v) is 3.24. The van der Waals surface area contributed by atoms with Crippen LogP contribution in [0.2, 0.25) is 0 Å². The van der Waals surface area contributed by atoms with Gasteiger partial charge in [0.05, 0.1) is 10.7 Å². The lowest BCUT2D eigenvalue weighted by atomic mass is 9.84. The lowest BCUT2D eigenvalue weighted by Crippen LogP contribution is -2.10. The maximum absolute atomic E-state index is 6.06. The van der Waals surface area contributed by atoms with Gasteiger partial charge in [-0.2, -0.15) is 0 Å². The third-order valence-corrected chi connectivity index (χ3v) is 4.35. The average molecular weight is 256 g/mol. The minimum Gasteiger partial charge on any atom is -0.242 e. The van der Waals surface area contributed by atoms with Gasteiger partial charge in [0.1, 0.15) is 0 Å². The van der Waals surface area contributed by atoms with Crippen molar-refractivity contribution in [2.75, 3.05) is 5.88 Å². The van der Waals surface area contributed by atoms with E-state index in [0.29, 0.717) is 11.8 Å². The minimum atomic E-state index is 0.654. The Morgan fingerprint density at radius 2 is 2.25 bits per heavy atom. The van der Waals surface area contributed by atoms with E-state index in [0.717, 1.165) is 10.7 Å². The Hall–Kier alpha value is -0.340. The third kappa shape index (κ3) is 3.08. The molecule has 1 aliphatic rings. The Morgan fingerprint density at radius 1 is 1.50 bits per heavy atom. The highest BCUT2D eigenvalue weighted by Gasteiger charge is 2.17. The molecule has 0 radical (unpaired) electrons. The molecule has 1 aromatic rings. The highest BCUT2D eigenvalue weighted by molar-refractivity contribution is 7.09. The molecule has 0 spiro atoms. The van der Waals surface area contributed by atoms with Gasteiger partial charge in [-0.3, -0.25) is 0 Å². The lowest BCUT2D eigenvalue weighted by molar-refractivity contribution is 0.405. The van der Waals surface area contributed by atoms with E-state index in [1.165, 1.54) is 37.7 Å². The summed E-state index contributed by atoms with van der Waals surface area (Å²) in [4.78, 5) is 4.48. The number of rotatable bonds is 3. The number of allylic oxidation sites excluding steroid dienone is 1. The summed E-state index contributed by atoms with van der Waals surface area (Å²) in [7, 11) is 0. The molecular formula is C13H18ClNS. The quantitative estimate of drug-likeness (QED) is 0.717. The second kappa shape index (κ2) is 5.83. The van der Waals surface area contributed by atoms with Crippen molar-refractivity contribution in [3.05, 3.63) is 21.7 Å². The molecule has 0 amide bonds. The van der Waals surface area contributed by atoms with Gasteiger partial charge in [-0.05, 0) is 31.8 Å². The van der Waals surface area contributed by atoms with Gasteiger partial charge in [0.25, 0.3) is 0 Å². The maximum Gasteiger partial charge on any atom is 0.0901 e. The Balaban J connectivity index is 2.11. The highest BCUT2D eigenvalue weighted by atomic mass is 35.5. The van der Waals surface area contributed by atoms with Crippen LogP contribution in [0.25, 0.3) is 6.08 Å². The van der Waals surface area contributed by atoms with E-state index < -0.39 is 0 Å². The minimum absolute atomic E-state index is 0.654. The van der Waals surface area contributed by atoms with Crippen molar-refractivity contribution < 1.29 is 0 Å². The Morgan fingerprint density at radius 3 is 2.81 bits per heavy atom. The largest absolute Gasteiger partial charge is 0.242 e. The monoisotopic (exact) mass is 255 g/mol. The van der Waals surface area contributed by atoms with Crippen LogP contribution in [0.5, 0.6) is 0 Å². The zero-order chi connectivity index (χ0) is 11.4. The Bertz CT molecular complexity index is 364. The normalized spacial score (nSPS) is 19.0. The molecule has 3 heteroatoms. The van der Waals surface area contributed by atoms with Gasteiger partial charge in [0.2, 0.25) is 0 Å². The first kappa shape index (κ1) is 12.1. The molecule has 88 valence electrons. The van der Waals surface area contributed by atoms with Crippen molar-refractivity contribution in [2.24, 2.45) is 5.92 Å². The second-order valence-corrected chi connectivity index (χ2v) is 5.81. The standard InChI is InChI=1S/C13H18ClNS/c1-10-15-13(9-16-10)7-12(8-14)11-5-3-2-4-6-11/h7,9,11H,2-6,8H2,1H3. The van der Waals surface area contributed by atoms with Crippen LogP contribution in [0.1, 0.15) is 42.8 Å². The Labute approximate surface area is 107 Å². The molecule has 1 saturated carbocycles. The predicted molar refractivity (Wildman–Crippen MR) is 72.1 cm³/mol. The number of hydrogen-bond acceptors (Lipinski definition) is 2. The van der Waals surface area contributed by atoms with Gasteiger partial charge in [0, 0.05) is 11.3 Å².